The van der Waals surface area contributed by atoms with Gasteiger partial charge < -0.3 is 15.1 Å². The van der Waals surface area contributed by atoms with Crippen molar-refractivity contribution in [2.45, 2.75) is 31.9 Å². The van der Waals surface area contributed by atoms with Gasteiger partial charge >= 0.3 is 6.18 Å². The average Bonchev–Trinajstić information content (AvgIpc) is 3.58. The zero-order chi connectivity index (χ0) is 23.1. The van der Waals surface area contributed by atoms with Crippen LogP contribution in [0.15, 0.2) is 18.2 Å². The molecule has 0 radical (unpaired) electrons. The lowest BCUT2D eigenvalue weighted by Gasteiger charge is -2.37. The molecule has 6 nitrogen and oxygen atoms in total. The Labute approximate surface area is 186 Å². The van der Waals surface area contributed by atoms with Crippen LogP contribution in [0, 0.1) is 11.8 Å². The summed E-state index contributed by atoms with van der Waals surface area (Å²) >= 11 is 0. The van der Waals surface area contributed by atoms with E-state index in [9.17, 15) is 27.0 Å². The third-order valence-electron chi connectivity index (χ3n) is 6.42. The smallest absolute Gasteiger partial charge is 0.370 e. The number of carbonyl (C=O) groups is 2. The van der Waals surface area contributed by atoms with Crippen LogP contribution < -0.4 is 10.2 Å². The second-order valence-corrected chi connectivity index (χ2v) is 11.7. The molecule has 1 aliphatic carbocycles. The highest BCUT2D eigenvalue weighted by molar-refractivity contribution is 8.00. The summed E-state index contributed by atoms with van der Waals surface area (Å²) in [4.78, 5) is 28.7. The van der Waals surface area contributed by atoms with Gasteiger partial charge in [-0.1, -0.05) is 0 Å². The largest absolute Gasteiger partial charge is 0.393 e. The number of benzene rings is 1. The Kier molecular flexibility index (Phi) is 6.17. The van der Waals surface area contributed by atoms with Gasteiger partial charge in [0.15, 0.2) is 0 Å². The van der Waals surface area contributed by atoms with Crippen molar-refractivity contribution in [3.05, 3.63) is 23.8 Å². The number of hydrogen-bond acceptors (Lipinski definition) is 4. The molecule has 176 valence electrons. The Morgan fingerprint density at radius 2 is 1.78 bits per heavy atom. The second-order valence-electron chi connectivity index (χ2n) is 8.99. The summed E-state index contributed by atoms with van der Waals surface area (Å²) in [6, 6.07) is 4.81. The summed E-state index contributed by atoms with van der Waals surface area (Å²) in [7, 11) is -2.18. The van der Waals surface area contributed by atoms with Crippen LogP contribution in [0.1, 0.15) is 36.0 Å². The molecule has 4 rings (SSSR count). The van der Waals surface area contributed by atoms with Gasteiger partial charge in [-0.2, -0.15) is 13.2 Å². The molecule has 1 saturated carbocycles. The molecule has 2 heterocycles. The van der Waals surface area contributed by atoms with Crippen molar-refractivity contribution in [1.82, 2.24) is 4.90 Å². The quantitative estimate of drug-likeness (QED) is 0.686. The zero-order valence-corrected chi connectivity index (χ0v) is 18.6. The Morgan fingerprint density at radius 3 is 2.41 bits per heavy atom. The summed E-state index contributed by atoms with van der Waals surface area (Å²) in [6.45, 7) is 0.772. The molecule has 3 fully saturated rings. The van der Waals surface area contributed by atoms with Crippen LogP contribution >= 0.6 is 0 Å². The first-order chi connectivity index (χ1) is 15.0. The standard InChI is InChI=1S/C22H28F3N3O3S/c1-32(31)11-9-27(10-12-32)21(30)18-7-6-17(26-20(29)15-4-5-15)13-19(18)28-8-2-3-16(14-28)22(23,24)25/h6-7,13,15-16H,1-5,8-12,14H2,(H,26,29). The molecule has 1 unspecified atom stereocenters. The molecular formula is C22H28F3N3O3S. The normalized spacial score (nSPS) is 23.7. The van der Waals surface area contributed by atoms with E-state index in [1.165, 1.54) is 0 Å². The Hall–Kier alpha value is -2.23. The average molecular weight is 472 g/mol. The van der Waals surface area contributed by atoms with Crippen LogP contribution in [0.25, 0.3) is 0 Å². The summed E-state index contributed by atoms with van der Waals surface area (Å²) in [6.07, 6.45) is -2.21. The van der Waals surface area contributed by atoms with E-state index in [1.54, 1.807) is 28.0 Å². The molecule has 1 N–H and O–H groups in total. The maximum atomic E-state index is 13.4. The number of amides is 2. The SMILES string of the molecule is C=S1(=O)CCN(C(=O)c2ccc(NC(=O)C3CC3)cc2N2CCCC(C(F)(F)F)C2)CC1. The van der Waals surface area contributed by atoms with Crippen LogP contribution in [-0.4, -0.2) is 70.7 Å². The van der Waals surface area contributed by atoms with Gasteiger partial charge in [-0.25, -0.2) is 0 Å². The number of nitrogens with zero attached hydrogens (tertiary/aromatic N) is 2. The van der Waals surface area contributed by atoms with Gasteiger partial charge in [0.1, 0.15) is 0 Å². The van der Waals surface area contributed by atoms with E-state index >= 15 is 0 Å². The molecule has 3 aliphatic rings. The highest BCUT2D eigenvalue weighted by Crippen LogP contribution is 2.37. The van der Waals surface area contributed by atoms with E-state index in [4.69, 9.17) is 0 Å². The van der Waals surface area contributed by atoms with Gasteiger partial charge in [0.2, 0.25) is 5.91 Å². The zero-order valence-electron chi connectivity index (χ0n) is 17.8. The predicted molar refractivity (Wildman–Crippen MR) is 120 cm³/mol. The fraction of sp³-hybridized carbons (Fsp3) is 0.591. The van der Waals surface area contributed by atoms with Crippen molar-refractivity contribution in [1.29, 1.82) is 0 Å². The van der Waals surface area contributed by atoms with Gasteiger partial charge in [0, 0.05) is 49.3 Å². The van der Waals surface area contributed by atoms with Crippen molar-refractivity contribution in [2.75, 3.05) is 47.9 Å². The molecule has 2 aliphatic heterocycles. The molecule has 2 saturated heterocycles. The second kappa shape index (κ2) is 8.61. The van der Waals surface area contributed by atoms with Crippen molar-refractivity contribution < 1.29 is 27.0 Å². The first-order valence-electron chi connectivity index (χ1n) is 10.9. The van der Waals surface area contributed by atoms with Crippen LogP contribution in [0.2, 0.25) is 0 Å². The first-order valence-corrected chi connectivity index (χ1v) is 13.0. The van der Waals surface area contributed by atoms with Crippen molar-refractivity contribution >= 4 is 38.6 Å². The fourth-order valence-electron chi connectivity index (χ4n) is 4.25. The van der Waals surface area contributed by atoms with Gasteiger partial charge in [0.05, 0.1) is 17.2 Å². The summed E-state index contributed by atoms with van der Waals surface area (Å²) in [5.41, 5.74) is 1.18. The molecule has 2 amide bonds. The summed E-state index contributed by atoms with van der Waals surface area (Å²) in [5, 5.41) is 2.82. The highest BCUT2D eigenvalue weighted by Gasteiger charge is 2.42. The third-order valence-corrected chi connectivity index (χ3v) is 8.28. The monoisotopic (exact) mass is 471 g/mol. The van der Waals surface area contributed by atoms with Crippen molar-refractivity contribution in [3.63, 3.8) is 0 Å². The minimum atomic E-state index is -4.30. The van der Waals surface area contributed by atoms with E-state index in [0.717, 1.165) is 12.8 Å². The van der Waals surface area contributed by atoms with Crippen LogP contribution in [-0.2, 0) is 14.3 Å². The Morgan fingerprint density at radius 1 is 1.09 bits per heavy atom. The molecular weight excluding hydrogens is 443 g/mol. The number of nitrogens with one attached hydrogen (secondary N) is 1. The molecule has 0 aromatic heterocycles. The maximum Gasteiger partial charge on any atom is 0.393 e. The number of anilines is 2. The number of hydrogen-bond donors (Lipinski definition) is 1. The van der Waals surface area contributed by atoms with E-state index in [1.807, 2.05) is 0 Å². The number of halogens is 3. The van der Waals surface area contributed by atoms with Crippen LogP contribution in [0.4, 0.5) is 24.5 Å². The maximum absolute atomic E-state index is 13.4. The first kappa shape index (κ1) is 22.9. The molecule has 10 heteroatoms. The van der Waals surface area contributed by atoms with Crippen molar-refractivity contribution in [3.8, 4) is 0 Å². The van der Waals surface area contributed by atoms with E-state index in [0.29, 0.717) is 54.5 Å². The van der Waals surface area contributed by atoms with Crippen LogP contribution in [0.3, 0.4) is 0 Å². The van der Waals surface area contributed by atoms with Gasteiger partial charge in [-0.15, -0.1) is 0 Å². The Bertz CT molecular complexity index is 991. The molecule has 1 atom stereocenters. The lowest BCUT2D eigenvalue weighted by molar-refractivity contribution is -0.176. The van der Waals surface area contributed by atoms with Crippen LogP contribution in [0.5, 0.6) is 0 Å². The Balaban J connectivity index is 1.62. The fourth-order valence-corrected chi connectivity index (χ4v) is 5.56. The minimum Gasteiger partial charge on any atom is -0.370 e. The molecule has 32 heavy (non-hydrogen) atoms. The lowest BCUT2D eigenvalue weighted by atomic mass is 9.96. The van der Waals surface area contributed by atoms with Gasteiger partial charge in [-0.05, 0) is 59.3 Å². The molecule has 0 spiro atoms. The number of piperidine rings is 1. The molecule has 1 aromatic carbocycles. The van der Waals surface area contributed by atoms with Gasteiger partial charge in [0.25, 0.3) is 5.91 Å². The number of alkyl halides is 3. The van der Waals surface area contributed by atoms with E-state index in [-0.39, 0.29) is 30.7 Å². The van der Waals surface area contributed by atoms with Gasteiger partial charge in [-0.3, -0.25) is 13.8 Å². The van der Waals surface area contributed by atoms with E-state index in [2.05, 4.69) is 11.2 Å². The topological polar surface area (TPSA) is 69.7 Å². The highest BCUT2D eigenvalue weighted by atomic mass is 32.2. The summed E-state index contributed by atoms with van der Waals surface area (Å²) < 4.78 is 52.4. The molecule has 1 aromatic rings. The number of carbonyl (C=O) groups excluding carboxylic acids is 2. The summed E-state index contributed by atoms with van der Waals surface area (Å²) in [5.74, 6) is 2.44. The third kappa shape index (κ3) is 5.22. The molecule has 0 bridgehead atoms. The lowest BCUT2D eigenvalue weighted by Crippen LogP contribution is -2.45. The van der Waals surface area contributed by atoms with E-state index < -0.39 is 21.6 Å². The van der Waals surface area contributed by atoms with Crippen molar-refractivity contribution in [2.24, 2.45) is 11.8 Å². The number of rotatable bonds is 4. The predicted octanol–water partition coefficient (Wildman–Crippen LogP) is 2.99. The minimum absolute atomic E-state index is 0.0183.